The summed E-state index contributed by atoms with van der Waals surface area (Å²) in [4.78, 5) is 38.2. The van der Waals surface area contributed by atoms with Gasteiger partial charge in [0.15, 0.2) is 6.10 Å². The lowest BCUT2D eigenvalue weighted by molar-refractivity contribution is -0.167. The van der Waals surface area contributed by atoms with Crippen LogP contribution in [-0.2, 0) is 28.6 Å². The summed E-state index contributed by atoms with van der Waals surface area (Å²) in [5.74, 6) is -0.898. The minimum Gasteiger partial charge on any atom is -0.462 e. The van der Waals surface area contributed by atoms with Crippen molar-refractivity contribution in [2.45, 2.75) is 309 Å². The second-order valence-corrected chi connectivity index (χ2v) is 20.6. The number of allylic oxidation sites excluding steroid dienone is 14. The molecule has 0 saturated heterocycles. The fraction of sp³-hybridized carbons (Fsp3) is 0.746. The number of rotatable bonds is 56. The van der Waals surface area contributed by atoms with Gasteiger partial charge in [0.25, 0.3) is 0 Å². The summed E-state index contributed by atoms with van der Waals surface area (Å²) in [5.41, 5.74) is 0. The molecule has 0 aromatic heterocycles. The van der Waals surface area contributed by atoms with Crippen molar-refractivity contribution in [3.8, 4) is 0 Å². The lowest BCUT2D eigenvalue weighted by Gasteiger charge is -2.18. The van der Waals surface area contributed by atoms with Gasteiger partial charge in [0, 0.05) is 19.3 Å². The summed E-state index contributed by atoms with van der Waals surface area (Å²) >= 11 is 0. The van der Waals surface area contributed by atoms with Crippen LogP contribution in [0.3, 0.4) is 0 Å². The molecule has 420 valence electrons. The Labute approximate surface area is 452 Å². The van der Waals surface area contributed by atoms with Crippen molar-refractivity contribution in [1.82, 2.24) is 0 Å². The molecule has 6 nitrogen and oxygen atoms in total. The van der Waals surface area contributed by atoms with Crippen LogP contribution < -0.4 is 0 Å². The summed E-state index contributed by atoms with van der Waals surface area (Å²) in [6, 6.07) is 0. The lowest BCUT2D eigenvalue weighted by Crippen LogP contribution is -2.30. The zero-order chi connectivity index (χ0) is 52.9. The molecule has 0 saturated carbocycles. The minimum atomic E-state index is -0.788. The molecular weight excluding hydrogens is 901 g/mol. The van der Waals surface area contributed by atoms with Crippen LogP contribution in [0.15, 0.2) is 85.1 Å². The first kappa shape index (κ1) is 69.6. The van der Waals surface area contributed by atoms with Gasteiger partial charge in [-0.25, -0.2) is 0 Å². The average molecular weight is 1020 g/mol. The second-order valence-electron chi connectivity index (χ2n) is 20.6. The molecule has 1 atom stereocenters. The van der Waals surface area contributed by atoms with Crippen LogP contribution in [-0.4, -0.2) is 37.2 Å². The zero-order valence-corrected chi connectivity index (χ0v) is 48.1. The fourth-order valence-electron chi connectivity index (χ4n) is 8.69. The van der Waals surface area contributed by atoms with E-state index in [0.717, 1.165) is 103 Å². The highest BCUT2D eigenvalue weighted by atomic mass is 16.6. The molecule has 0 aliphatic heterocycles. The Bertz CT molecular complexity index is 1400. The summed E-state index contributed by atoms with van der Waals surface area (Å²) in [6.07, 6.45) is 80.1. The highest BCUT2D eigenvalue weighted by molar-refractivity contribution is 5.71. The molecule has 0 heterocycles. The van der Waals surface area contributed by atoms with Crippen molar-refractivity contribution in [3.63, 3.8) is 0 Å². The Morgan fingerprint density at radius 1 is 0.288 bits per heavy atom. The van der Waals surface area contributed by atoms with Gasteiger partial charge in [-0.15, -0.1) is 0 Å². The molecule has 0 aromatic carbocycles. The van der Waals surface area contributed by atoms with Crippen LogP contribution >= 0.6 is 0 Å². The Morgan fingerprint density at radius 3 is 0.863 bits per heavy atom. The third kappa shape index (κ3) is 59.3. The zero-order valence-electron chi connectivity index (χ0n) is 48.1. The molecule has 0 fully saturated rings. The molecule has 0 aliphatic rings. The van der Waals surface area contributed by atoms with Crippen molar-refractivity contribution < 1.29 is 28.6 Å². The second kappa shape index (κ2) is 61.1. The maximum absolute atomic E-state index is 12.9. The minimum absolute atomic E-state index is 0.0847. The highest BCUT2D eigenvalue weighted by Crippen LogP contribution is 2.16. The van der Waals surface area contributed by atoms with Crippen molar-refractivity contribution in [1.29, 1.82) is 0 Å². The number of unbranched alkanes of at least 4 members (excludes halogenated alkanes) is 31. The Morgan fingerprint density at radius 2 is 0.534 bits per heavy atom. The van der Waals surface area contributed by atoms with E-state index >= 15 is 0 Å². The first-order valence-electron chi connectivity index (χ1n) is 31.1. The maximum Gasteiger partial charge on any atom is 0.306 e. The van der Waals surface area contributed by atoms with Crippen molar-refractivity contribution in [2.75, 3.05) is 13.2 Å². The van der Waals surface area contributed by atoms with Crippen molar-refractivity contribution in [2.24, 2.45) is 0 Å². The first-order valence-corrected chi connectivity index (χ1v) is 31.1. The Kier molecular flexibility index (Phi) is 58.3. The van der Waals surface area contributed by atoms with E-state index in [9.17, 15) is 14.4 Å². The van der Waals surface area contributed by atoms with E-state index in [4.69, 9.17) is 14.2 Å². The normalized spacial score (nSPS) is 12.6. The molecule has 1 unspecified atom stereocenters. The van der Waals surface area contributed by atoms with Gasteiger partial charge in [-0.1, -0.05) is 254 Å². The van der Waals surface area contributed by atoms with Gasteiger partial charge in [0.2, 0.25) is 0 Å². The van der Waals surface area contributed by atoms with E-state index in [0.29, 0.717) is 19.3 Å². The van der Waals surface area contributed by atoms with Crippen LogP contribution in [0.5, 0.6) is 0 Å². The number of ether oxygens (including phenoxy) is 3. The quantitative estimate of drug-likeness (QED) is 0.0261. The van der Waals surface area contributed by atoms with E-state index < -0.39 is 6.10 Å². The van der Waals surface area contributed by atoms with Crippen LogP contribution in [0.25, 0.3) is 0 Å². The maximum atomic E-state index is 12.9. The summed E-state index contributed by atoms with van der Waals surface area (Å²) < 4.78 is 16.9. The van der Waals surface area contributed by atoms with Crippen LogP contribution in [0, 0.1) is 0 Å². The molecule has 0 aromatic rings. The first-order chi connectivity index (χ1) is 36.0. The van der Waals surface area contributed by atoms with Crippen molar-refractivity contribution >= 4 is 17.9 Å². The Hall–Kier alpha value is -3.41. The SMILES string of the molecule is CC/C=C\C/C=C\C/C=C\CCCCCCCCCC(=O)OC(COC(=O)CCCCCCC/C=C\CCCCCC)COC(=O)CCCCCCCCCCCC/C=C\C/C=C\C/C=C\CCCCCCC. The third-order valence-electron chi connectivity index (χ3n) is 13.4. The van der Waals surface area contributed by atoms with Crippen LogP contribution in [0.4, 0.5) is 0 Å². The number of hydrogen-bond donors (Lipinski definition) is 0. The van der Waals surface area contributed by atoms with Gasteiger partial charge in [0.05, 0.1) is 0 Å². The van der Waals surface area contributed by atoms with E-state index in [2.05, 4.69) is 106 Å². The molecule has 0 N–H and O–H groups in total. The van der Waals surface area contributed by atoms with Gasteiger partial charge in [-0.05, 0) is 116 Å². The number of carbonyl (C=O) groups excluding carboxylic acids is 3. The molecular formula is C67H116O6. The summed E-state index contributed by atoms with van der Waals surface area (Å²) in [5, 5.41) is 0. The monoisotopic (exact) mass is 1020 g/mol. The smallest absolute Gasteiger partial charge is 0.306 e. The van der Waals surface area contributed by atoms with Gasteiger partial charge in [0.1, 0.15) is 13.2 Å². The van der Waals surface area contributed by atoms with Gasteiger partial charge in [-0.2, -0.15) is 0 Å². The topological polar surface area (TPSA) is 78.9 Å². The van der Waals surface area contributed by atoms with E-state index in [1.54, 1.807) is 0 Å². The molecule has 73 heavy (non-hydrogen) atoms. The van der Waals surface area contributed by atoms with E-state index in [1.807, 2.05) is 0 Å². The summed E-state index contributed by atoms with van der Waals surface area (Å²) in [7, 11) is 0. The largest absolute Gasteiger partial charge is 0.462 e. The third-order valence-corrected chi connectivity index (χ3v) is 13.4. The molecule has 6 heteroatoms. The van der Waals surface area contributed by atoms with E-state index in [1.165, 1.54) is 161 Å². The van der Waals surface area contributed by atoms with Gasteiger partial charge >= 0.3 is 17.9 Å². The lowest BCUT2D eigenvalue weighted by atomic mass is 10.1. The predicted octanol–water partition coefficient (Wildman–Crippen LogP) is 21.1. The van der Waals surface area contributed by atoms with Crippen molar-refractivity contribution in [3.05, 3.63) is 85.1 Å². The molecule has 0 bridgehead atoms. The molecule has 0 amide bonds. The summed E-state index contributed by atoms with van der Waals surface area (Å²) in [6.45, 7) is 6.51. The molecule has 0 rings (SSSR count). The van der Waals surface area contributed by atoms with Gasteiger partial charge < -0.3 is 14.2 Å². The average Bonchev–Trinajstić information content (AvgIpc) is 3.39. The van der Waals surface area contributed by atoms with Gasteiger partial charge in [-0.3, -0.25) is 14.4 Å². The van der Waals surface area contributed by atoms with Crippen LogP contribution in [0.2, 0.25) is 0 Å². The molecule has 0 aliphatic carbocycles. The molecule has 0 spiro atoms. The predicted molar refractivity (Wildman–Crippen MR) is 316 cm³/mol. The molecule has 0 radical (unpaired) electrons. The van der Waals surface area contributed by atoms with E-state index in [-0.39, 0.29) is 31.1 Å². The fourth-order valence-corrected chi connectivity index (χ4v) is 8.69. The highest BCUT2D eigenvalue weighted by Gasteiger charge is 2.19. The Balaban J connectivity index is 4.33. The van der Waals surface area contributed by atoms with Crippen LogP contribution in [0.1, 0.15) is 303 Å². The number of esters is 3. The number of carbonyl (C=O) groups is 3. The number of hydrogen-bond acceptors (Lipinski definition) is 6. The standard InChI is InChI=1S/C67H116O6/c1-4-7-10-13-16-19-22-25-27-29-30-31-32-33-34-35-36-38-39-42-45-48-51-54-57-60-66(69)72-63-64(62-71-65(68)59-56-53-50-47-44-41-24-21-18-15-12-9-6-3)73-67(70)61-58-55-52-49-46-43-40-37-28-26-23-20-17-14-11-8-5-2/h8,11,17,20-22,24-26,28-30,32-33,64H,4-7,9-10,12-16,18-19,23,27,31,34-63H2,1-3H3/b11-8-,20-17-,24-21-,25-22-,28-26-,30-29-,33-32-.